The van der Waals surface area contributed by atoms with Crippen molar-refractivity contribution in [3.8, 4) is 17.6 Å². The zero-order valence-electron chi connectivity index (χ0n) is 12.3. The van der Waals surface area contributed by atoms with Gasteiger partial charge >= 0.3 is 0 Å². The first-order valence-corrected chi connectivity index (χ1v) is 6.96. The van der Waals surface area contributed by atoms with E-state index in [9.17, 15) is 4.79 Å². The molecule has 0 saturated heterocycles. The van der Waals surface area contributed by atoms with Gasteiger partial charge in [-0.05, 0) is 23.8 Å². The van der Waals surface area contributed by atoms with E-state index in [1.165, 1.54) is 0 Å². The summed E-state index contributed by atoms with van der Waals surface area (Å²) in [6, 6.07) is 15.3. The molecule has 106 valence electrons. The van der Waals surface area contributed by atoms with E-state index in [0.717, 1.165) is 17.4 Å². The molecule has 0 aliphatic heterocycles. The summed E-state index contributed by atoms with van der Waals surface area (Å²) in [5, 5.41) is 0. The lowest BCUT2D eigenvalue weighted by Gasteiger charge is -2.07. The Kier molecular flexibility index (Phi) is 5.17. The van der Waals surface area contributed by atoms with Crippen LogP contribution >= 0.6 is 0 Å². The second-order valence-electron chi connectivity index (χ2n) is 5.07. The lowest BCUT2D eigenvalue weighted by atomic mass is 10.1. The fourth-order valence-corrected chi connectivity index (χ4v) is 1.80. The average molecular weight is 278 g/mol. The van der Waals surface area contributed by atoms with Crippen LogP contribution in [0.25, 0.3) is 0 Å². The van der Waals surface area contributed by atoms with Crippen LogP contribution in [0.1, 0.15) is 35.3 Å². The monoisotopic (exact) mass is 278 g/mol. The molecule has 2 heteroatoms. The highest BCUT2D eigenvalue weighted by Crippen LogP contribution is 2.17. The highest BCUT2D eigenvalue weighted by atomic mass is 16.5. The molecule has 21 heavy (non-hydrogen) atoms. The molecule has 0 spiro atoms. The molecule has 2 rings (SSSR count). The maximum atomic E-state index is 11.2. The predicted molar refractivity (Wildman–Crippen MR) is 84.3 cm³/mol. The van der Waals surface area contributed by atoms with Crippen LogP contribution in [0.4, 0.5) is 0 Å². The van der Waals surface area contributed by atoms with Crippen LogP contribution in [-0.4, -0.2) is 6.29 Å². The molecule has 0 radical (unpaired) electrons. The Morgan fingerprint density at radius 2 is 1.90 bits per heavy atom. The van der Waals surface area contributed by atoms with Crippen molar-refractivity contribution in [2.24, 2.45) is 5.92 Å². The first kappa shape index (κ1) is 14.9. The Bertz CT molecular complexity index is 661. The van der Waals surface area contributed by atoms with Gasteiger partial charge in [-0.3, -0.25) is 4.79 Å². The molecule has 0 bridgehead atoms. The number of hydrogen-bond acceptors (Lipinski definition) is 2. The lowest BCUT2D eigenvalue weighted by Crippen LogP contribution is -1.97. The topological polar surface area (TPSA) is 26.3 Å². The largest absolute Gasteiger partial charge is 0.489 e. The SMILES string of the molecule is CC(C)C#Cc1ccc(OCc2ccccc2)cc1C=O. The fraction of sp³-hybridized carbons (Fsp3) is 0.211. The Labute approximate surface area is 125 Å². The van der Waals surface area contributed by atoms with Crippen LogP contribution in [0, 0.1) is 17.8 Å². The van der Waals surface area contributed by atoms with Crippen LogP contribution in [0.3, 0.4) is 0 Å². The van der Waals surface area contributed by atoms with Gasteiger partial charge in [0.1, 0.15) is 12.4 Å². The standard InChI is InChI=1S/C19H18O2/c1-15(2)8-9-17-10-11-19(12-18(17)13-20)21-14-16-6-4-3-5-7-16/h3-7,10-13,15H,14H2,1-2H3. The Morgan fingerprint density at radius 3 is 2.57 bits per heavy atom. The minimum Gasteiger partial charge on any atom is -0.489 e. The molecule has 0 aromatic heterocycles. The number of benzene rings is 2. The van der Waals surface area contributed by atoms with E-state index in [-0.39, 0.29) is 5.92 Å². The number of carbonyl (C=O) groups excluding carboxylic acids is 1. The predicted octanol–water partition coefficient (Wildman–Crippen LogP) is 4.09. The Hall–Kier alpha value is -2.53. The van der Waals surface area contributed by atoms with Gasteiger partial charge in [-0.1, -0.05) is 56.0 Å². The summed E-state index contributed by atoms with van der Waals surface area (Å²) in [7, 11) is 0. The summed E-state index contributed by atoms with van der Waals surface area (Å²) in [5.41, 5.74) is 2.40. The quantitative estimate of drug-likeness (QED) is 0.622. The first-order chi connectivity index (χ1) is 10.2. The molecule has 0 amide bonds. The highest BCUT2D eigenvalue weighted by molar-refractivity contribution is 5.80. The van der Waals surface area contributed by atoms with Gasteiger partial charge < -0.3 is 4.74 Å². The van der Waals surface area contributed by atoms with Crippen molar-refractivity contribution in [2.45, 2.75) is 20.5 Å². The Balaban J connectivity index is 2.12. The maximum absolute atomic E-state index is 11.2. The molecular weight excluding hydrogens is 260 g/mol. The highest BCUT2D eigenvalue weighted by Gasteiger charge is 2.03. The molecule has 0 saturated carbocycles. The third kappa shape index (κ3) is 4.50. The van der Waals surface area contributed by atoms with Gasteiger partial charge in [-0.25, -0.2) is 0 Å². The molecule has 0 aliphatic rings. The van der Waals surface area contributed by atoms with E-state index in [4.69, 9.17) is 4.74 Å². The van der Waals surface area contributed by atoms with Crippen molar-refractivity contribution in [1.82, 2.24) is 0 Å². The molecule has 0 aliphatic carbocycles. The van der Waals surface area contributed by atoms with E-state index in [0.29, 0.717) is 17.9 Å². The molecule has 0 atom stereocenters. The summed E-state index contributed by atoms with van der Waals surface area (Å²) in [5.74, 6) is 7.05. The van der Waals surface area contributed by atoms with Gasteiger partial charge in [0.2, 0.25) is 0 Å². The fourth-order valence-electron chi connectivity index (χ4n) is 1.80. The summed E-state index contributed by atoms with van der Waals surface area (Å²) >= 11 is 0. The van der Waals surface area contributed by atoms with E-state index in [1.807, 2.05) is 56.3 Å². The molecule has 0 heterocycles. The van der Waals surface area contributed by atoms with Crippen LogP contribution < -0.4 is 4.74 Å². The van der Waals surface area contributed by atoms with Crippen LogP contribution in [0.5, 0.6) is 5.75 Å². The number of rotatable bonds is 4. The minimum atomic E-state index is 0.276. The van der Waals surface area contributed by atoms with Crippen LogP contribution in [-0.2, 0) is 6.61 Å². The molecule has 0 unspecified atom stereocenters. The number of hydrogen-bond donors (Lipinski definition) is 0. The lowest BCUT2D eigenvalue weighted by molar-refractivity contribution is 0.112. The summed E-state index contributed by atoms with van der Waals surface area (Å²) in [4.78, 5) is 11.2. The number of carbonyl (C=O) groups is 1. The number of aldehydes is 1. The van der Waals surface area contributed by atoms with Crippen molar-refractivity contribution in [2.75, 3.05) is 0 Å². The molecule has 0 fully saturated rings. The summed E-state index contributed by atoms with van der Waals surface area (Å²) in [6.45, 7) is 4.52. The van der Waals surface area contributed by atoms with Crippen molar-refractivity contribution in [3.05, 3.63) is 65.2 Å². The van der Waals surface area contributed by atoms with Gasteiger partial charge in [0.15, 0.2) is 6.29 Å². The van der Waals surface area contributed by atoms with E-state index in [1.54, 1.807) is 6.07 Å². The minimum absolute atomic E-state index is 0.276. The molecule has 2 aromatic rings. The normalized spacial score (nSPS) is 9.86. The van der Waals surface area contributed by atoms with E-state index < -0.39 is 0 Å². The molecule has 0 N–H and O–H groups in total. The van der Waals surface area contributed by atoms with Crippen LogP contribution in [0.2, 0.25) is 0 Å². The Morgan fingerprint density at radius 1 is 1.14 bits per heavy atom. The maximum Gasteiger partial charge on any atom is 0.151 e. The second-order valence-corrected chi connectivity index (χ2v) is 5.07. The second kappa shape index (κ2) is 7.31. The summed E-state index contributed by atoms with van der Waals surface area (Å²) < 4.78 is 5.71. The molecular formula is C19H18O2. The van der Waals surface area contributed by atoms with Crippen molar-refractivity contribution < 1.29 is 9.53 Å². The summed E-state index contributed by atoms with van der Waals surface area (Å²) in [6.07, 6.45) is 0.819. The third-order valence-electron chi connectivity index (χ3n) is 2.89. The van der Waals surface area contributed by atoms with Gasteiger partial charge in [0, 0.05) is 17.0 Å². The van der Waals surface area contributed by atoms with Crippen molar-refractivity contribution >= 4 is 6.29 Å². The average Bonchev–Trinajstić information content (AvgIpc) is 2.52. The van der Waals surface area contributed by atoms with Gasteiger partial charge in [-0.15, -0.1) is 0 Å². The van der Waals surface area contributed by atoms with Gasteiger partial charge in [0.25, 0.3) is 0 Å². The molecule has 2 nitrogen and oxygen atoms in total. The van der Waals surface area contributed by atoms with Crippen molar-refractivity contribution in [1.29, 1.82) is 0 Å². The van der Waals surface area contributed by atoms with Gasteiger partial charge in [0.05, 0.1) is 0 Å². The third-order valence-corrected chi connectivity index (χ3v) is 2.89. The smallest absolute Gasteiger partial charge is 0.151 e. The van der Waals surface area contributed by atoms with Crippen molar-refractivity contribution in [3.63, 3.8) is 0 Å². The van der Waals surface area contributed by atoms with Crippen LogP contribution in [0.15, 0.2) is 48.5 Å². The van der Waals surface area contributed by atoms with Gasteiger partial charge in [-0.2, -0.15) is 0 Å². The molecule has 2 aromatic carbocycles. The first-order valence-electron chi connectivity index (χ1n) is 6.96. The number of ether oxygens (including phenoxy) is 1. The zero-order chi connectivity index (χ0) is 15.1. The van der Waals surface area contributed by atoms with E-state index in [2.05, 4.69) is 11.8 Å². The van der Waals surface area contributed by atoms with E-state index >= 15 is 0 Å². The zero-order valence-corrected chi connectivity index (χ0v) is 12.3.